The number of aromatic nitrogens is 4. The largest absolute Gasteiger partial charge is 0.291 e. The van der Waals surface area contributed by atoms with Gasteiger partial charge in [0.15, 0.2) is 11.6 Å². The van der Waals surface area contributed by atoms with Crippen molar-refractivity contribution in [3.05, 3.63) is 56.0 Å². The number of halogens is 3. The van der Waals surface area contributed by atoms with Crippen molar-refractivity contribution in [1.29, 1.82) is 0 Å². The predicted octanol–water partition coefficient (Wildman–Crippen LogP) is 2.47. The van der Waals surface area contributed by atoms with Gasteiger partial charge in [-0.15, -0.1) is 0 Å². The molecule has 1 amide bonds. The quantitative estimate of drug-likeness (QED) is 0.695. The summed E-state index contributed by atoms with van der Waals surface area (Å²) < 4.78 is 27.5. The molecule has 0 spiro atoms. The Bertz CT molecular complexity index is 1060. The Kier molecular flexibility index (Phi) is 4.25. The Labute approximate surface area is 144 Å². The molecule has 0 fully saturated rings. The van der Waals surface area contributed by atoms with Gasteiger partial charge in [0.1, 0.15) is 0 Å². The molecule has 3 rings (SSSR count). The number of amides is 1. The minimum Gasteiger partial charge on any atom is -0.291 e. The van der Waals surface area contributed by atoms with Gasteiger partial charge in [-0.2, -0.15) is 9.50 Å². The van der Waals surface area contributed by atoms with E-state index in [2.05, 4.69) is 20.4 Å². The van der Waals surface area contributed by atoms with Crippen LogP contribution < -0.4 is 10.9 Å². The van der Waals surface area contributed by atoms with Gasteiger partial charge in [0.05, 0.1) is 16.3 Å². The van der Waals surface area contributed by atoms with Crippen LogP contribution >= 0.6 is 11.6 Å². The van der Waals surface area contributed by atoms with Gasteiger partial charge in [-0.05, 0) is 25.5 Å². The molecule has 0 unspecified atom stereocenters. The van der Waals surface area contributed by atoms with Gasteiger partial charge in [0.25, 0.3) is 17.2 Å². The van der Waals surface area contributed by atoms with E-state index >= 15 is 0 Å². The summed E-state index contributed by atoms with van der Waals surface area (Å²) in [5.74, 6) is -3.19. The molecule has 2 aromatic heterocycles. The number of nitrogens with zero attached hydrogens (tertiary/aromatic N) is 3. The molecule has 3 aromatic rings. The first-order valence-corrected chi connectivity index (χ1v) is 7.63. The minimum absolute atomic E-state index is 0.0754. The van der Waals surface area contributed by atoms with E-state index in [4.69, 9.17) is 11.6 Å². The normalized spacial score (nSPS) is 11.1. The van der Waals surface area contributed by atoms with Crippen molar-refractivity contribution in [3.8, 4) is 0 Å². The summed E-state index contributed by atoms with van der Waals surface area (Å²) in [6.45, 7) is 3.51. The number of rotatable bonds is 3. The number of carbonyl (C=O) groups excluding carboxylic acids is 1. The van der Waals surface area contributed by atoms with E-state index in [1.54, 1.807) is 6.92 Å². The highest BCUT2D eigenvalue weighted by Crippen LogP contribution is 2.21. The molecule has 7 nitrogen and oxygen atoms in total. The molecule has 0 atom stereocenters. The summed E-state index contributed by atoms with van der Waals surface area (Å²) in [5, 5.41) is 4.68. The van der Waals surface area contributed by atoms with Gasteiger partial charge in [-0.3, -0.25) is 20.0 Å². The Hall–Kier alpha value is -2.81. The lowest BCUT2D eigenvalue weighted by Crippen LogP contribution is -2.21. The van der Waals surface area contributed by atoms with E-state index in [9.17, 15) is 18.4 Å². The summed E-state index contributed by atoms with van der Waals surface area (Å²) in [4.78, 5) is 32.7. The van der Waals surface area contributed by atoms with Crippen molar-refractivity contribution in [3.63, 3.8) is 0 Å². The maximum absolute atomic E-state index is 13.3. The number of hydrogen-bond acceptors (Lipinski definition) is 4. The standard InChI is InChI=1S/C15H12ClF2N5O2/c1-3-7-6(2)19-15-21-14(22-23(15)13(7)25)20-12(24)8-4-10(17)11(18)5-9(8)16/h4-5H,3H2,1-2H3,(H2,19,20,21,22,24). The molecule has 0 saturated heterocycles. The Balaban J connectivity index is 1.99. The lowest BCUT2D eigenvalue weighted by molar-refractivity contribution is 0.102. The molecular formula is C15H12ClF2N5O2. The molecule has 0 aliphatic rings. The summed E-state index contributed by atoms with van der Waals surface area (Å²) in [6.07, 6.45) is 0.492. The molecule has 2 N–H and O–H groups in total. The van der Waals surface area contributed by atoms with Crippen LogP contribution in [0.2, 0.25) is 5.02 Å². The Morgan fingerprint density at radius 1 is 1.32 bits per heavy atom. The first-order valence-electron chi connectivity index (χ1n) is 7.26. The molecule has 1 aromatic carbocycles. The van der Waals surface area contributed by atoms with E-state index in [-0.39, 0.29) is 27.9 Å². The molecule has 2 heterocycles. The smallest absolute Gasteiger partial charge is 0.277 e. The van der Waals surface area contributed by atoms with Gasteiger partial charge in [-0.1, -0.05) is 18.5 Å². The number of fused-ring (bicyclic) bond motifs is 1. The fourth-order valence-corrected chi connectivity index (χ4v) is 2.63. The van der Waals surface area contributed by atoms with Crippen LogP contribution in [0.5, 0.6) is 0 Å². The van der Waals surface area contributed by atoms with Crippen molar-refractivity contribution in [1.82, 2.24) is 19.6 Å². The SMILES string of the molecule is CCc1c(C)nc2nc(NC(=O)c3cc(F)c(F)cc3Cl)[nH]n2c1=O. The zero-order valence-electron chi connectivity index (χ0n) is 13.2. The number of hydrogen-bond donors (Lipinski definition) is 2. The average Bonchev–Trinajstić information content (AvgIpc) is 2.93. The number of nitrogens with one attached hydrogen (secondary N) is 2. The highest BCUT2D eigenvalue weighted by molar-refractivity contribution is 6.34. The zero-order chi connectivity index (χ0) is 18.3. The van der Waals surface area contributed by atoms with Gasteiger partial charge in [-0.25, -0.2) is 13.8 Å². The van der Waals surface area contributed by atoms with Crippen LogP contribution in [0.1, 0.15) is 28.5 Å². The van der Waals surface area contributed by atoms with E-state index in [0.29, 0.717) is 29.8 Å². The summed E-state index contributed by atoms with van der Waals surface area (Å²) >= 11 is 5.76. The van der Waals surface area contributed by atoms with Crippen LogP contribution in [0.15, 0.2) is 16.9 Å². The van der Waals surface area contributed by atoms with Crippen LogP contribution in [0, 0.1) is 18.6 Å². The molecule has 130 valence electrons. The fraction of sp³-hybridized carbons (Fsp3) is 0.200. The van der Waals surface area contributed by atoms with Crippen molar-refractivity contribution in [2.24, 2.45) is 0 Å². The molecule has 10 heteroatoms. The highest BCUT2D eigenvalue weighted by Gasteiger charge is 2.18. The van der Waals surface area contributed by atoms with Crippen LogP contribution in [-0.2, 0) is 6.42 Å². The van der Waals surface area contributed by atoms with Crippen LogP contribution in [0.3, 0.4) is 0 Å². The Morgan fingerprint density at radius 2 is 2.00 bits per heavy atom. The predicted molar refractivity (Wildman–Crippen MR) is 87.0 cm³/mol. The lowest BCUT2D eigenvalue weighted by atomic mass is 10.2. The average molecular weight is 368 g/mol. The van der Waals surface area contributed by atoms with E-state index < -0.39 is 17.5 Å². The fourth-order valence-electron chi connectivity index (χ4n) is 2.39. The first-order chi connectivity index (χ1) is 11.8. The monoisotopic (exact) mass is 367 g/mol. The zero-order valence-corrected chi connectivity index (χ0v) is 13.9. The lowest BCUT2D eigenvalue weighted by Gasteiger charge is -2.04. The van der Waals surface area contributed by atoms with Crippen LogP contribution in [-0.4, -0.2) is 25.5 Å². The number of aryl methyl sites for hydroxylation is 1. The summed E-state index contributed by atoms with van der Waals surface area (Å²) in [7, 11) is 0. The summed E-state index contributed by atoms with van der Waals surface area (Å²) in [6, 6.07) is 1.38. The number of aromatic amines is 1. The van der Waals surface area contributed by atoms with Gasteiger partial charge >= 0.3 is 0 Å². The highest BCUT2D eigenvalue weighted by atomic mass is 35.5. The van der Waals surface area contributed by atoms with E-state index in [1.165, 1.54) is 0 Å². The van der Waals surface area contributed by atoms with Crippen molar-refractivity contribution >= 4 is 29.2 Å². The maximum atomic E-state index is 13.3. The second-order valence-corrected chi connectivity index (χ2v) is 5.65. The van der Waals surface area contributed by atoms with E-state index in [1.807, 2.05) is 6.92 Å². The topological polar surface area (TPSA) is 92.2 Å². The molecular weight excluding hydrogens is 356 g/mol. The second kappa shape index (κ2) is 6.25. The Morgan fingerprint density at radius 3 is 2.68 bits per heavy atom. The van der Waals surface area contributed by atoms with Crippen molar-refractivity contribution < 1.29 is 13.6 Å². The molecule has 0 radical (unpaired) electrons. The molecule has 0 aliphatic carbocycles. The first kappa shape index (κ1) is 17.0. The van der Waals surface area contributed by atoms with Crippen LogP contribution in [0.4, 0.5) is 14.7 Å². The number of H-pyrrole nitrogens is 1. The van der Waals surface area contributed by atoms with Gasteiger partial charge < -0.3 is 0 Å². The van der Waals surface area contributed by atoms with Crippen LogP contribution in [0.25, 0.3) is 5.78 Å². The minimum atomic E-state index is -1.21. The molecule has 25 heavy (non-hydrogen) atoms. The van der Waals surface area contributed by atoms with Gasteiger partial charge in [0.2, 0.25) is 5.95 Å². The van der Waals surface area contributed by atoms with Gasteiger partial charge in [0, 0.05) is 5.56 Å². The summed E-state index contributed by atoms with van der Waals surface area (Å²) in [5.41, 5.74) is 0.457. The number of carbonyl (C=O) groups is 1. The maximum Gasteiger partial charge on any atom is 0.277 e. The second-order valence-electron chi connectivity index (χ2n) is 5.24. The van der Waals surface area contributed by atoms with Crippen molar-refractivity contribution in [2.75, 3.05) is 5.32 Å². The number of benzene rings is 1. The molecule has 0 bridgehead atoms. The van der Waals surface area contributed by atoms with E-state index in [0.717, 1.165) is 4.52 Å². The molecule has 0 saturated carbocycles. The molecule has 0 aliphatic heterocycles. The third kappa shape index (κ3) is 2.98. The third-order valence-electron chi connectivity index (χ3n) is 3.64. The third-order valence-corrected chi connectivity index (χ3v) is 3.95. The number of anilines is 1. The van der Waals surface area contributed by atoms with Crippen molar-refractivity contribution in [2.45, 2.75) is 20.3 Å².